The molecule has 0 saturated carbocycles. The van der Waals surface area contributed by atoms with Crippen molar-refractivity contribution in [3.05, 3.63) is 103 Å². The SMILES string of the molecule is C=CCC(C(N)=O)C(CC(C)C)C(=O)NC1C(=O)N(Cc2ccccc2)c2ccccc2-c2ccccc21. The number of para-hydroxylation sites is 1. The second-order valence-electron chi connectivity index (χ2n) is 10.2. The van der Waals surface area contributed by atoms with E-state index in [2.05, 4.69) is 11.9 Å². The van der Waals surface area contributed by atoms with Crippen LogP contribution in [0.1, 0.15) is 43.9 Å². The van der Waals surface area contributed by atoms with Gasteiger partial charge in [-0.25, -0.2) is 0 Å². The van der Waals surface area contributed by atoms with Gasteiger partial charge in [0.05, 0.1) is 24.1 Å². The van der Waals surface area contributed by atoms with Crippen LogP contribution < -0.4 is 16.0 Å². The molecule has 0 spiro atoms. The van der Waals surface area contributed by atoms with Gasteiger partial charge in [-0.05, 0) is 41.5 Å². The highest BCUT2D eigenvalue weighted by molar-refractivity contribution is 6.06. The summed E-state index contributed by atoms with van der Waals surface area (Å²) in [5.41, 5.74) is 10.0. The van der Waals surface area contributed by atoms with E-state index in [0.717, 1.165) is 27.9 Å². The lowest BCUT2D eigenvalue weighted by molar-refractivity contribution is -0.135. The van der Waals surface area contributed by atoms with Gasteiger partial charge in [-0.2, -0.15) is 0 Å². The van der Waals surface area contributed by atoms with Crippen LogP contribution in [0.5, 0.6) is 0 Å². The zero-order valence-electron chi connectivity index (χ0n) is 22.0. The number of anilines is 1. The number of nitrogens with one attached hydrogen (secondary N) is 1. The second-order valence-corrected chi connectivity index (χ2v) is 10.2. The largest absolute Gasteiger partial charge is 0.369 e. The Bertz CT molecular complexity index is 1320. The Morgan fingerprint density at radius 1 is 0.947 bits per heavy atom. The molecule has 3 amide bonds. The van der Waals surface area contributed by atoms with E-state index in [-0.39, 0.29) is 17.7 Å². The third-order valence-electron chi connectivity index (χ3n) is 7.07. The van der Waals surface area contributed by atoms with Crippen LogP contribution in [0.4, 0.5) is 5.69 Å². The number of fused-ring (bicyclic) bond motifs is 3. The number of carbonyl (C=O) groups is 3. The first-order chi connectivity index (χ1) is 18.3. The zero-order chi connectivity index (χ0) is 27.2. The number of amides is 3. The lowest BCUT2D eigenvalue weighted by Crippen LogP contribution is -2.47. The Balaban J connectivity index is 1.78. The van der Waals surface area contributed by atoms with Crippen LogP contribution in [-0.4, -0.2) is 17.7 Å². The summed E-state index contributed by atoms with van der Waals surface area (Å²) in [4.78, 5) is 42.2. The van der Waals surface area contributed by atoms with E-state index in [1.807, 2.05) is 92.7 Å². The maximum Gasteiger partial charge on any atom is 0.254 e. The molecule has 3 aromatic rings. The maximum atomic E-state index is 14.3. The van der Waals surface area contributed by atoms with Crippen molar-refractivity contribution in [3.8, 4) is 11.1 Å². The van der Waals surface area contributed by atoms with E-state index >= 15 is 0 Å². The van der Waals surface area contributed by atoms with Crippen molar-refractivity contribution >= 4 is 23.4 Å². The highest BCUT2D eigenvalue weighted by Gasteiger charge is 2.38. The lowest BCUT2D eigenvalue weighted by Gasteiger charge is -2.30. The van der Waals surface area contributed by atoms with Gasteiger partial charge in [0.2, 0.25) is 11.8 Å². The number of hydrogen-bond donors (Lipinski definition) is 2. The molecular weight excluding hydrogens is 474 g/mol. The topological polar surface area (TPSA) is 92.5 Å². The van der Waals surface area contributed by atoms with Crippen LogP contribution in [0, 0.1) is 17.8 Å². The third kappa shape index (κ3) is 5.70. The maximum absolute atomic E-state index is 14.3. The standard InChI is InChI=1S/C32H35N3O3/c1-4-12-26(30(33)36)27(19-21(2)3)31(37)34-29-25-17-9-8-15-23(25)24-16-10-11-18-28(24)35(32(29)38)20-22-13-6-5-7-14-22/h4-11,13-18,21,26-27,29H,1,12,19-20H2,2-3H3,(H2,33,36)(H,34,37). The highest BCUT2D eigenvalue weighted by atomic mass is 16.2. The van der Waals surface area contributed by atoms with Crippen molar-refractivity contribution in [3.63, 3.8) is 0 Å². The number of primary amides is 1. The van der Waals surface area contributed by atoms with E-state index in [4.69, 9.17) is 5.73 Å². The minimum absolute atomic E-state index is 0.147. The third-order valence-corrected chi connectivity index (χ3v) is 7.07. The summed E-state index contributed by atoms with van der Waals surface area (Å²) in [5, 5.41) is 3.04. The fourth-order valence-corrected chi connectivity index (χ4v) is 5.28. The molecule has 0 bridgehead atoms. The molecule has 3 atom stereocenters. The number of benzene rings is 3. The molecule has 1 heterocycles. The Labute approximate surface area is 224 Å². The molecule has 3 unspecified atom stereocenters. The Morgan fingerprint density at radius 3 is 2.24 bits per heavy atom. The number of rotatable bonds is 10. The van der Waals surface area contributed by atoms with Crippen molar-refractivity contribution in [1.82, 2.24) is 5.32 Å². The molecular formula is C32H35N3O3. The van der Waals surface area contributed by atoms with Crippen LogP contribution in [0.2, 0.25) is 0 Å². The first-order valence-corrected chi connectivity index (χ1v) is 13.1. The molecule has 38 heavy (non-hydrogen) atoms. The average molecular weight is 510 g/mol. The van der Waals surface area contributed by atoms with Gasteiger partial charge in [-0.1, -0.05) is 92.7 Å². The van der Waals surface area contributed by atoms with Gasteiger partial charge in [-0.15, -0.1) is 6.58 Å². The molecule has 3 N–H and O–H groups in total. The molecule has 3 aromatic carbocycles. The number of hydrogen-bond acceptors (Lipinski definition) is 3. The van der Waals surface area contributed by atoms with Crippen molar-refractivity contribution in [1.29, 1.82) is 0 Å². The molecule has 196 valence electrons. The summed E-state index contributed by atoms with van der Waals surface area (Å²) in [6.45, 7) is 8.09. The molecule has 6 heteroatoms. The smallest absolute Gasteiger partial charge is 0.254 e. The van der Waals surface area contributed by atoms with Crippen molar-refractivity contribution < 1.29 is 14.4 Å². The number of nitrogens with two attached hydrogens (primary N) is 1. The predicted molar refractivity (Wildman–Crippen MR) is 151 cm³/mol. The van der Waals surface area contributed by atoms with Crippen LogP contribution in [0.3, 0.4) is 0 Å². The quantitative estimate of drug-likeness (QED) is 0.359. The van der Waals surface area contributed by atoms with Crippen molar-refractivity contribution in [2.24, 2.45) is 23.5 Å². The van der Waals surface area contributed by atoms with Crippen LogP contribution in [0.15, 0.2) is 91.5 Å². The van der Waals surface area contributed by atoms with Crippen LogP contribution in [0.25, 0.3) is 11.1 Å². The molecule has 4 rings (SSSR count). The van der Waals surface area contributed by atoms with E-state index in [1.165, 1.54) is 0 Å². The van der Waals surface area contributed by atoms with Gasteiger partial charge in [0.25, 0.3) is 5.91 Å². The first kappa shape index (κ1) is 26.9. The van der Waals surface area contributed by atoms with Crippen LogP contribution >= 0.6 is 0 Å². The monoisotopic (exact) mass is 509 g/mol. The minimum atomic E-state index is -0.929. The number of allylic oxidation sites excluding steroid dienone is 1. The Hall–Kier alpha value is -4.19. The zero-order valence-corrected chi connectivity index (χ0v) is 22.0. The number of carbonyl (C=O) groups excluding carboxylic acids is 3. The fraction of sp³-hybridized carbons (Fsp3) is 0.281. The van der Waals surface area contributed by atoms with Gasteiger partial charge in [0, 0.05) is 5.56 Å². The van der Waals surface area contributed by atoms with Gasteiger partial charge in [0.1, 0.15) is 6.04 Å². The highest BCUT2D eigenvalue weighted by Crippen LogP contribution is 2.41. The fourth-order valence-electron chi connectivity index (χ4n) is 5.28. The lowest BCUT2D eigenvalue weighted by atomic mass is 9.82. The Kier molecular flexibility index (Phi) is 8.41. The van der Waals surface area contributed by atoms with E-state index in [9.17, 15) is 14.4 Å². The average Bonchev–Trinajstić information content (AvgIpc) is 3.00. The minimum Gasteiger partial charge on any atom is -0.369 e. The molecule has 0 saturated heterocycles. The molecule has 1 aliphatic heterocycles. The number of nitrogens with zero attached hydrogens (tertiary/aromatic N) is 1. The summed E-state index contributed by atoms with van der Waals surface area (Å²) < 4.78 is 0. The summed E-state index contributed by atoms with van der Waals surface area (Å²) in [6.07, 6.45) is 2.37. The first-order valence-electron chi connectivity index (χ1n) is 13.1. The van der Waals surface area contributed by atoms with E-state index < -0.39 is 23.8 Å². The van der Waals surface area contributed by atoms with Crippen molar-refractivity contribution in [2.75, 3.05) is 4.90 Å². The predicted octanol–water partition coefficient (Wildman–Crippen LogP) is 5.40. The van der Waals surface area contributed by atoms with Gasteiger partial charge in [-0.3, -0.25) is 14.4 Å². The molecule has 0 aromatic heterocycles. The summed E-state index contributed by atoms with van der Waals surface area (Å²) in [6, 6.07) is 24.3. The molecule has 0 fully saturated rings. The molecule has 0 aliphatic carbocycles. The molecule has 1 aliphatic rings. The molecule has 6 nitrogen and oxygen atoms in total. The van der Waals surface area contributed by atoms with Gasteiger partial charge >= 0.3 is 0 Å². The normalized spacial score (nSPS) is 16.1. The van der Waals surface area contributed by atoms with Crippen LogP contribution in [-0.2, 0) is 20.9 Å². The summed E-state index contributed by atoms with van der Waals surface area (Å²) in [7, 11) is 0. The van der Waals surface area contributed by atoms with E-state index in [1.54, 1.807) is 11.0 Å². The second kappa shape index (κ2) is 11.9. The van der Waals surface area contributed by atoms with Gasteiger partial charge < -0.3 is 16.0 Å². The van der Waals surface area contributed by atoms with Gasteiger partial charge in [0.15, 0.2) is 0 Å². The molecule has 0 radical (unpaired) electrons. The Morgan fingerprint density at radius 2 is 1.58 bits per heavy atom. The summed E-state index contributed by atoms with van der Waals surface area (Å²) >= 11 is 0. The summed E-state index contributed by atoms with van der Waals surface area (Å²) in [5.74, 6) is -2.38. The van der Waals surface area contributed by atoms with Crippen molar-refractivity contribution in [2.45, 2.75) is 39.3 Å². The van der Waals surface area contributed by atoms with E-state index in [0.29, 0.717) is 19.4 Å².